The number of fused-ring (bicyclic) bond motifs is 1. The van der Waals surface area contributed by atoms with E-state index in [4.69, 9.17) is 10.5 Å². The molecule has 0 amide bonds. The van der Waals surface area contributed by atoms with Crippen molar-refractivity contribution in [1.29, 1.82) is 0 Å². The summed E-state index contributed by atoms with van der Waals surface area (Å²) < 4.78 is 8.78. The second-order valence-electron chi connectivity index (χ2n) is 6.34. The molecule has 0 radical (unpaired) electrons. The molecule has 8 nitrogen and oxygen atoms in total. The number of aryl methyl sites for hydroxylation is 1. The van der Waals surface area contributed by atoms with Crippen LogP contribution in [0.25, 0.3) is 22.2 Å². The summed E-state index contributed by atoms with van der Waals surface area (Å²) in [7, 11) is 1.59. The number of hydrogen-bond donors (Lipinski definition) is 1. The Bertz CT molecular complexity index is 1210. The number of nitrogens with zero attached hydrogens (tertiary/aromatic N) is 5. The van der Waals surface area contributed by atoms with Crippen molar-refractivity contribution in [2.45, 2.75) is 20.0 Å². The number of benzene rings is 1. The van der Waals surface area contributed by atoms with Crippen molar-refractivity contribution in [2.75, 3.05) is 12.8 Å². The standard InChI is InChI=1S/C20H20N6O2/c1-3-25-9-5-6-13(19(25)27)11-26-12-14(10-22-26)17-15-7-4-8-16(28-2)18(15)24-20(21)23-17/h4-10,12H,3,11H2,1-2H3,(H2,21,23,24). The lowest BCUT2D eigenvalue weighted by molar-refractivity contribution is 0.419. The number of hydrogen-bond acceptors (Lipinski definition) is 6. The lowest BCUT2D eigenvalue weighted by Gasteiger charge is -2.08. The van der Waals surface area contributed by atoms with Crippen LogP contribution in [0.3, 0.4) is 0 Å². The minimum Gasteiger partial charge on any atom is -0.494 e. The Morgan fingerprint density at radius 2 is 2.04 bits per heavy atom. The van der Waals surface area contributed by atoms with Crippen molar-refractivity contribution < 1.29 is 4.74 Å². The van der Waals surface area contributed by atoms with E-state index in [1.807, 2.05) is 43.5 Å². The van der Waals surface area contributed by atoms with E-state index >= 15 is 0 Å². The number of ether oxygens (including phenoxy) is 1. The van der Waals surface area contributed by atoms with Crippen LogP contribution in [0.15, 0.2) is 53.7 Å². The van der Waals surface area contributed by atoms with Crippen LogP contribution >= 0.6 is 0 Å². The minimum absolute atomic E-state index is 0.0106. The maximum atomic E-state index is 12.4. The maximum absolute atomic E-state index is 12.4. The molecule has 4 rings (SSSR count). The summed E-state index contributed by atoms with van der Waals surface area (Å²) >= 11 is 0. The Morgan fingerprint density at radius 1 is 1.18 bits per heavy atom. The van der Waals surface area contributed by atoms with Gasteiger partial charge in [0.15, 0.2) is 0 Å². The zero-order chi connectivity index (χ0) is 19.7. The van der Waals surface area contributed by atoms with Crippen LogP contribution in [-0.4, -0.2) is 31.4 Å². The topological polar surface area (TPSA) is 101 Å². The minimum atomic E-state index is -0.0106. The molecule has 0 aliphatic rings. The summed E-state index contributed by atoms with van der Waals surface area (Å²) in [6, 6.07) is 9.32. The van der Waals surface area contributed by atoms with Crippen LogP contribution in [0.1, 0.15) is 12.5 Å². The van der Waals surface area contributed by atoms with E-state index in [1.165, 1.54) is 0 Å². The molecular formula is C20H20N6O2. The second-order valence-corrected chi connectivity index (χ2v) is 6.34. The number of para-hydroxylation sites is 1. The molecule has 0 aliphatic carbocycles. The highest BCUT2D eigenvalue weighted by atomic mass is 16.5. The molecule has 0 unspecified atom stereocenters. The third-order valence-electron chi connectivity index (χ3n) is 4.61. The van der Waals surface area contributed by atoms with E-state index in [-0.39, 0.29) is 11.5 Å². The van der Waals surface area contributed by atoms with Gasteiger partial charge >= 0.3 is 0 Å². The third kappa shape index (κ3) is 3.09. The second kappa shape index (κ2) is 7.15. The van der Waals surface area contributed by atoms with E-state index < -0.39 is 0 Å². The maximum Gasteiger partial charge on any atom is 0.255 e. The molecule has 0 saturated heterocycles. The Hall–Kier alpha value is -3.68. The number of methoxy groups -OCH3 is 1. The van der Waals surface area contributed by atoms with Gasteiger partial charge in [-0.2, -0.15) is 5.10 Å². The van der Waals surface area contributed by atoms with Gasteiger partial charge in [0.05, 0.1) is 25.5 Å². The highest BCUT2D eigenvalue weighted by molar-refractivity contribution is 5.96. The summed E-state index contributed by atoms with van der Waals surface area (Å²) in [6.07, 6.45) is 5.34. The van der Waals surface area contributed by atoms with E-state index in [1.54, 1.807) is 28.8 Å². The molecule has 4 aromatic rings. The van der Waals surface area contributed by atoms with Gasteiger partial charge in [-0.15, -0.1) is 0 Å². The predicted molar refractivity (Wildman–Crippen MR) is 107 cm³/mol. The summed E-state index contributed by atoms with van der Waals surface area (Å²) in [6.45, 7) is 2.95. The van der Waals surface area contributed by atoms with Crippen LogP contribution in [-0.2, 0) is 13.1 Å². The van der Waals surface area contributed by atoms with E-state index in [2.05, 4.69) is 15.1 Å². The van der Waals surface area contributed by atoms with Crippen LogP contribution in [0.4, 0.5) is 5.95 Å². The van der Waals surface area contributed by atoms with E-state index in [0.717, 1.165) is 10.9 Å². The molecule has 3 heterocycles. The molecular weight excluding hydrogens is 356 g/mol. The number of pyridine rings is 1. The zero-order valence-electron chi connectivity index (χ0n) is 15.7. The molecule has 0 aliphatic heterocycles. The van der Waals surface area contributed by atoms with Crippen molar-refractivity contribution in [1.82, 2.24) is 24.3 Å². The molecule has 142 valence electrons. The monoisotopic (exact) mass is 376 g/mol. The first-order valence-corrected chi connectivity index (χ1v) is 8.92. The van der Waals surface area contributed by atoms with Gasteiger partial charge in [-0.3, -0.25) is 9.48 Å². The first-order valence-electron chi connectivity index (χ1n) is 8.92. The number of nitrogens with two attached hydrogens (primary N) is 1. The Labute approximate surface area is 161 Å². The molecule has 0 saturated carbocycles. The molecule has 2 N–H and O–H groups in total. The first-order chi connectivity index (χ1) is 13.6. The smallest absolute Gasteiger partial charge is 0.255 e. The summed E-state index contributed by atoms with van der Waals surface area (Å²) in [5.74, 6) is 0.790. The highest BCUT2D eigenvalue weighted by Gasteiger charge is 2.14. The van der Waals surface area contributed by atoms with Crippen molar-refractivity contribution in [3.8, 4) is 17.0 Å². The van der Waals surface area contributed by atoms with Crippen molar-refractivity contribution in [3.63, 3.8) is 0 Å². The lowest BCUT2D eigenvalue weighted by atomic mass is 10.1. The quantitative estimate of drug-likeness (QED) is 0.574. The molecule has 0 bridgehead atoms. The molecule has 0 spiro atoms. The fourth-order valence-corrected chi connectivity index (χ4v) is 3.23. The van der Waals surface area contributed by atoms with Gasteiger partial charge in [-0.05, 0) is 19.1 Å². The third-order valence-corrected chi connectivity index (χ3v) is 4.61. The molecule has 0 fully saturated rings. The summed E-state index contributed by atoms with van der Waals surface area (Å²) in [5, 5.41) is 5.22. The van der Waals surface area contributed by atoms with Gasteiger partial charge in [0, 0.05) is 35.5 Å². The van der Waals surface area contributed by atoms with Gasteiger partial charge in [0.25, 0.3) is 5.56 Å². The number of nitrogen functional groups attached to an aromatic ring is 1. The first kappa shape index (κ1) is 17.7. The predicted octanol–water partition coefficient (Wildman–Crippen LogP) is 2.31. The molecule has 0 atom stereocenters. The zero-order valence-corrected chi connectivity index (χ0v) is 15.7. The van der Waals surface area contributed by atoms with Crippen molar-refractivity contribution in [3.05, 3.63) is 64.8 Å². The average molecular weight is 376 g/mol. The van der Waals surface area contributed by atoms with Crippen LogP contribution in [0.5, 0.6) is 5.75 Å². The Kier molecular flexibility index (Phi) is 4.52. The molecule has 28 heavy (non-hydrogen) atoms. The van der Waals surface area contributed by atoms with Gasteiger partial charge < -0.3 is 15.0 Å². The number of aromatic nitrogens is 5. The van der Waals surface area contributed by atoms with Gasteiger partial charge in [-0.25, -0.2) is 9.97 Å². The van der Waals surface area contributed by atoms with Gasteiger partial charge in [-0.1, -0.05) is 18.2 Å². The number of rotatable bonds is 5. The summed E-state index contributed by atoms with van der Waals surface area (Å²) in [5.41, 5.74) is 8.69. The largest absolute Gasteiger partial charge is 0.494 e. The SMILES string of the molecule is CCn1cccc(Cn2cc(-c3nc(N)nc4c(OC)cccc34)cn2)c1=O. The summed E-state index contributed by atoms with van der Waals surface area (Å²) in [4.78, 5) is 21.2. The van der Waals surface area contributed by atoms with Crippen molar-refractivity contribution >= 4 is 16.9 Å². The van der Waals surface area contributed by atoms with E-state index in [9.17, 15) is 4.79 Å². The lowest BCUT2D eigenvalue weighted by Crippen LogP contribution is -2.23. The normalized spacial score (nSPS) is 11.1. The number of anilines is 1. The van der Waals surface area contributed by atoms with Gasteiger partial charge in [0.2, 0.25) is 5.95 Å². The van der Waals surface area contributed by atoms with Crippen LogP contribution < -0.4 is 16.0 Å². The van der Waals surface area contributed by atoms with E-state index in [0.29, 0.717) is 35.6 Å². The molecule has 8 heteroatoms. The average Bonchev–Trinajstić information content (AvgIpc) is 3.17. The van der Waals surface area contributed by atoms with Gasteiger partial charge in [0.1, 0.15) is 11.3 Å². The fraction of sp³-hybridized carbons (Fsp3) is 0.200. The van der Waals surface area contributed by atoms with Crippen LogP contribution in [0, 0.1) is 0 Å². The van der Waals surface area contributed by atoms with Crippen molar-refractivity contribution in [2.24, 2.45) is 0 Å². The fourth-order valence-electron chi connectivity index (χ4n) is 3.23. The van der Waals surface area contributed by atoms with Crippen LogP contribution in [0.2, 0.25) is 0 Å². The Morgan fingerprint density at radius 3 is 2.82 bits per heavy atom. The highest BCUT2D eigenvalue weighted by Crippen LogP contribution is 2.31. The molecule has 3 aromatic heterocycles. The molecule has 1 aromatic carbocycles. The Balaban J connectivity index is 1.75.